The van der Waals surface area contributed by atoms with Gasteiger partial charge >= 0.3 is 5.97 Å². The molecule has 1 heterocycles. The number of alkyl halides is 1. The van der Waals surface area contributed by atoms with Crippen LogP contribution in [0.1, 0.15) is 65.9 Å². The zero-order valence-electron chi connectivity index (χ0n) is 25.2. The number of nitro benzene ring substituents is 1. The predicted molar refractivity (Wildman–Crippen MR) is 152 cm³/mol. The van der Waals surface area contributed by atoms with Gasteiger partial charge in [0.05, 0.1) is 11.3 Å². The van der Waals surface area contributed by atoms with E-state index in [2.05, 4.69) is 0 Å². The molecule has 230 valence electrons. The predicted octanol–water partition coefficient (Wildman–Crippen LogP) is 5.40. The van der Waals surface area contributed by atoms with Gasteiger partial charge in [0, 0.05) is 34.8 Å². The fourth-order valence-corrected chi connectivity index (χ4v) is 9.35. The summed E-state index contributed by atoms with van der Waals surface area (Å²) in [7, 11) is 0. The number of carbonyl (C=O) groups excluding carboxylic acids is 3. The summed E-state index contributed by atoms with van der Waals surface area (Å²) in [5.74, 6) is -3.38. The van der Waals surface area contributed by atoms with Crippen LogP contribution in [0.4, 0.5) is 10.1 Å². The molecule has 1 aliphatic heterocycles. The molecule has 0 bridgehead atoms. The first-order chi connectivity index (χ1) is 20.1. The van der Waals surface area contributed by atoms with E-state index in [9.17, 15) is 24.5 Å². The monoisotopic (exact) mass is 595 g/mol. The highest BCUT2D eigenvalue weighted by Gasteiger charge is 2.78. The van der Waals surface area contributed by atoms with Crippen LogP contribution in [0, 0.1) is 38.7 Å². The third kappa shape index (κ3) is 4.05. The minimum atomic E-state index is -2.11. The van der Waals surface area contributed by atoms with Crippen molar-refractivity contribution in [1.82, 2.24) is 0 Å². The maximum Gasteiger partial charge on any atom is 0.310 e. The Morgan fingerprint density at radius 3 is 2.60 bits per heavy atom. The smallest absolute Gasteiger partial charge is 0.310 e. The first-order valence-corrected chi connectivity index (χ1v) is 15.0. The number of fused-ring (bicyclic) bond motifs is 6. The van der Waals surface area contributed by atoms with Crippen LogP contribution >= 0.6 is 0 Å². The van der Waals surface area contributed by atoms with Crippen molar-refractivity contribution in [1.29, 1.82) is 0 Å². The van der Waals surface area contributed by atoms with E-state index < -0.39 is 57.2 Å². The molecule has 1 saturated heterocycles. The third-order valence-corrected chi connectivity index (χ3v) is 11.3. The van der Waals surface area contributed by atoms with E-state index in [1.54, 1.807) is 32.9 Å². The molecule has 5 aliphatic rings. The average Bonchev–Trinajstić information content (AvgIpc) is 3.14. The molecule has 0 N–H and O–H groups in total. The Bertz CT molecular complexity index is 1480. The SMILES string of the molecule is C[C@@H]1CC2C3CC=C4CC(=O)C=C[C@]4(C)[C@@]3(F)[C@@H](OC(=O)Cc3ccccc3[N+](=O)[O-])C[C@]2(C)[C@]12OC(C)(C)OCC2=O. The number of halogens is 1. The zero-order chi connectivity index (χ0) is 31.2. The highest BCUT2D eigenvalue weighted by Crippen LogP contribution is 2.72. The Hall–Kier alpha value is -3.24. The highest BCUT2D eigenvalue weighted by atomic mass is 19.1. The largest absolute Gasteiger partial charge is 0.459 e. The fraction of sp³-hybridized carbons (Fsp3) is 0.606. The molecule has 3 fully saturated rings. The van der Waals surface area contributed by atoms with Gasteiger partial charge in [0.15, 0.2) is 23.0 Å². The lowest BCUT2D eigenvalue weighted by Gasteiger charge is -2.63. The van der Waals surface area contributed by atoms with Gasteiger partial charge in [-0.3, -0.25) is 24.5 Å². The number of ether oxygens (including phenoxy) is 3. The number of nitro groups is 1. The van der Waals surface area contributed by atoms with E-state index in [1.807, 2.05) is 19.9 Å². The molecule has 2 saturated carbocycles. The van der Waals surface area contributed by atoms with Crippen LogP contribution in [-0.4, -0.2) is 52.2 Å². The van der Waals surface area contributed by atoms with Crippen molar-refractivity contribution in [2.75, 3.05) is 6.61 Å². The first-order valence-electron chi connectivity index (χ1n) is 15.0. The molecule has 2 unspecified atom stereocenters. The second kappa shape index (κ2) is 9.63. The lowest BCUT2D eigenvalue weighted by atomic mass is 9.45. The van der Waals surface area contributed by atoms with Gasteiger partial charge in [-0.05, 0) is 57.9 Å². The van der Waals surface area contributed by atoms with E-state index in [1.165, 1.54) is 24.3 Å². The number of rotatable bonds is 4. The van der Waals surface area contributed by atoms with Crippen LogP contribution in [0.15, 0.2) is 48.1 Å². The number of carbonyl (C=O) groups is 3. The summed E-state index contributed by atoms with van der Waals surface area (Å²) in [6.45, 7) is 9.05. The van der Waals surface area contributed by atoms with Crippen molar-refractivity contribution in [3.8, 4) is 0 Å². The number of esters is 1. The van der Waals surface area contributed by atoms with Crippen LogP contribution in [0.3, 0.4) is 0 Å². The summed E-state index contributed by atoms with van der Waals surface area (Å²) in [5, 5.41) is 11.6. The van der Waals surface area contributed by atoms with Gasteiger partial charge < -0.3 is 14.2 Å². The maximum absolute atomic E-state index is 18.4. The van der Waals surface area contributed by atoms with Gasteiger partial charge in [-0.1, -0.05) is 49.8 Å². The number of ketones is 2. The van der Waals surface area contributed by atoms with E-state index in [4.69, 9.17) is 14.2 Å². The number of nitrogens with zero attached hydrogens (tertiary/aromatic N) is 1. The number of para-hydroxylation sites is 1. The van der Waals surface area contributed by atoms with E-state index in [0.717, 1.165) is 0 Å². The molecule has 0 aromatic heterocycles. The van der Waals surface area contributed by atoms with Crippen molar-refractivity contribution in [3.63, 3.8) is 0 Å². The number of benzene rings is 1. The number of allylic oxidation sites excluding steroid dienone is 4. The number of hydrogen-bond acceptors (Lipinski definition) is 8. The molecule has 0 amide bonds. The molecule has 9 nitrogen and oxygen atoms in total. The maximum atomic E-state index is 18.4. The third-order valence-electron chi connectivity index (χ3n) is 11.3. The van der Waals surface area contributed by atoms with Gasteiger partial charge in [0.2, 0.25) is 0 Å². The molecule has 8 atom stereocenters. The molecule has 1 aromatic carbocycles. The second-order valence-corrected chi connectivity index (χ2v) is 13.9. The van der Waals surface area contributed by atoms with Crippen LogP contribution in [0.25, 0.3) is 0 Å². The summed E-state index contributed by atoms with van der Waals surface area (Å²) in [4.78, 5) is 50.8. The second-order valence-electron chi connectivity index (χ2n) is 13.9. The van der Waals surface area contributed by atoms with E-state index in [0.29, 0.717) is 18.4 Å². The van der Waals surface area contributed by atoms with Crippen molar-refractivity contribution in [2.24, 2.45) is 28.6 Å². The summed E-state index contributed by atoms with van der Waals surface area (Å²) in [6.07, 6.45) is 4.18. The van der Waals surface area contributed by atoms with Gasteiger partial charge in [0.1, 0.15) is 18.3 Å². The topological polar surface area (TPSA) is 122 Å². The highest BCUT2D eigenvalue weighted by molar-refractivity contribution is 5.94. The zero-order valence-corrected chi connectivity index (χ0v) is 25.2. The molecular weight excluding hydrogens is 557 g/mol. The van der Waals surface area contributed by atoms with E-state index in [-0.39, 0.29) is 54.1 Å². The van der Waals surface area contributed by atoms with Gasteiger partial charge in [-0.25, -0.2) is 4.39 Å². The quantitative estimate of drug-likeness (QED) is 0.196. The standard InChI is InChI=1S/C33H38FNO8/c1-19-14-24-23-11-10-21-16-22(36)12-13-30(21,4)32(23,34)27(42-28(38)15-20-8-6-7-9-25(20)35(39)40)17-31(24,5)33(19)26(37)18-41-29(2,3)43-33/h6-10,12-13,19,23-24,27H,11,14-18H2,1-5H3/t19-,23?,24?,27+,30+,31+,32+,33+/m1/s1. The average molecular weight is 596 g/mol. The molecular formula is C33H38FNO8. The van der Waals surface area contributed by atoms with Crippen LogP contribution < -0.4 is 0 Å². The number of hydrogen-bond donors (Lipinski definition) is 0. The Labute approximate surface area is 250 Å². The lowest BCUT2D eigenvalue weighted by molar-refractivity contribution is -0.385. The Kier molecular flexibility index (Phi) is 6.68. The summed E-state index contributed by atoms with van der Waals surface area (Å²) in [6, 6.07) is 5.90. The summed E-state index contributed by atoms with van der Waals surface area (Å²) in [5.41, 5.74) is -4.94. The minimum Gasteiger partial charge on any atom is -0.459 e. The van der Waals surface area contributed by atoms with Crippen LogP contribution in [-0.2, 0) is 35.0 Å². The molecule has 1 spiro atoms. The molecule has 4 aliphatic carbocycles. The molecule has 43 heavy (non-hydrogen) atoms. The van der Waals surface area contributed by atoms with Crippen molar-refractivity contribution in [2.45, 2.75) is 89.9 Å². The molecule has 0 radical (unpaired) electrons. The van der Waals surface area contributed by atoms with Gasteiger partial charge in [0.25, 0.3) is 5.69 Å². The van der Waals surface area contributed by atoms with Gasteiger partial charge in [-0.15, -0.1) is 0 Å². The van der Waals surface area contributed by atoms with Gasteiger partial charge in [-0.2, -0.15) is 0 Å². The van der Waals surface area contributed by atoms with Crippen LogP contribution in [0.5, 0.6) is 0 Å². The van der Waals surface area contributed by atoms with E-state index >= 15 is 4.39 Å². The van der Waals surface area contributed by atoms with Crippen LogP contribution in [0.2, 0.25) is 0 Å². The summed E-state index contributed by atoms with van der Waals surface area (Å²) >= 11 is 0. The first kappa shape index (κ1) is 29.8. The Morgan fingerprint density at radius 2 is 1.88 bits per heavy atom. The fourth-order valence-electron chi connectivity index (χ4n) is 9.35. The van der Waals surface area contributed by atoms with Crippen molar-refractivity contribution < 1.29 is 37.9 Å². The Morgan fingerprint density at radius 1 is 1.16 bits per heavy atom. The summed E-state index contributed by atoms with van der Waals surface area (Å²) < 4.78 is 36.8. The number of Topliss-reactive ketones (excluding diaryl/α,β-unsaturated/α-hetero) is 1. The lowest BCUT2D eigenvalue weighted by Crippen LogP contribution is -2.72. The van der Waals surface area contributed by atoms with Crippen molar-refractivity contribution in [3.05, 3.63) is 63.7 Å². The minimum absolute atomic E-state index is 0.00407. The van der Waals surface area contributed by atoms with Crippen molar-refractivity contribution >= 4 is 23.2 Å². The normalized spacial score (nSPS) is 41.2. The Balaban J connectivity index is 1.46. The molecule has 1 aromatic rings. The molecule has 10 heteroatoms. The molecule has 6 rings (SSSR count).